The molecule has 3 rings (SSSR count). The van der Waals surface area contributed by atoms with Crippen molar-refractivity contribution in [3.05, 3.63) is 54.6 Å². The quantitative estimate of drug-likeness (QED) is 0.813. The number of imidazole rings is 1. The van der Waals surface area contributed by atoms with E-state index in [4.69, 9.17) is 0 Å². The van der Waals surface area contributed by atoms with E-state index in [1.54, 1.807) is 12.5 Å². The molecule has 0 bridgehead atoms. The normalized spacial score (nSPS) is 18.6. The lowest BCUT2D eigenvalue weighted by atomic mass is 9.94. The summed E-state index contributed by atoms with van der Waals surface area (Å²) in [5, 5.41) is 6.96. The van der Waals surface area contributed by atoms with Crippen LogP contribution in [-0.4, -0.2) is 27.5 Å². The molecular formula is C20H28N4O. The van der Waals surface area contributed by atoms with Crippen molar-refractivity contribution in [2.24, 2.45) is 0 Å². The zero-order valence-electron chi connectivity index (χ0n) is 15.1. The van der Waals surface area contributed by atoms with Crippen molar-refractivity contribution in [3.8, 4) is 0 Å². The van der Waals surface area contributed by atoms with Gasteiger partial charge in [0.05, 0.1) is 6.33 Å². The number of carbonyl (C=O) groups is 1. The fourth-order valence-electron chi connectivity index (χ4n) is 3.75. The molecule has 0 unspecified atom stereocenters. The second-order valence-electron chi connectivity index (χ2n) is 7.17. The minimum absolute atomic E-state index is 0.0143. The molecule has 1 aliphatic carbocycles. The van der Waals surface area contributed by atoms with Gasteiger partial charge in [-0.3, -0.25) is 4.79 Å². The number of hydrogen-bond acceptors (Lipinski definition) is 3. The van der Waals surface area contributed by atoms with Crippen LogP contribution in [0.25, 0.3) is 0 Å². The molecule has 5 nitrogen and oxygen atoms in total. The summed E-state index contributed by atoms with van der Waals surface area (Å²) in [7, 11) is 0. The molecule has 25 heavy (non-hydrogen) atoms. The van der Waals surface area contributed by atoms with Gasteiger partial charge in [-0.15, -0.1) is 0 Å². The van der Waals surface area contributed by atoms with E-state index in [1.165, 1.54) is 18.4 Å². The molecule has 1 aromatic carbocycles. The van der Waals surface area contributed by atoms with Gasteiger partial charge in [-0.25, -0.2) is 4.98 Å². The van der Waals surface area contributed by atoms with Crippen LogP contribution >= 0.6 is 0 Å². The number of amides is 1. The first-order valence-electron chi connectivity index (χ1n) is 9.17. The zero-order valence-corrected chi connectivity index (χ0v) is 15.1. The van der Waals surface area contributed by atoms with Crippen LogP contribution in [0.3, 0.4) is 0 Å². The smallest absolute Gasteiger partial charge is 0.242 e. The van der Waals surface area contributed by atoms with E-state index in [-0.39, 0.29) is 23.5 Å². The van der Waals surface area contributed by atoms with Crippen LogP contribution in [0.2, 0.25) is 0 Å². The molecule has 1 aromatic heterocycles. The standard InChI is InChI=1S/C20H28N4O/c1-16(18-8-4-3-5-9-18)23-20(10-6-7-11-20)14-22-19(25)17(2)24-13-12-21-15-24/h3-5,8-9,12-13,15-17,23H,6-7,10-11,14H2,1-2H3,(H,22,25)/t16-,17+/m1/s1. The molecule has 1 fully saturated rings. The van der Waals surface area contributed by atoms with Crippen molar-refractivity contribution in [2.45, 2.75) is 57.2 Å². The SMILES string of the molecule is C[C@@H](NC1(CNC(=O)[C@H](C)n2ccnc2)CCCC1)c1ccccc1. The summed E-state index contributed by atoms with van der Waals surface area (Å²) in [6.07, 6.45) is 9.83. The molecule has 1 heterocycles. The predicted molar refractivity (Wildman–Crippen MR) is 99.1 cm³/mol. The van der Waals surface area contributed by atoms with Crippen molar-refractivity contribution in [1.82, 2.24) is 20.2 Å². The highest BCUT2D eigenvalue weighted by Gasteiger charge is 2.35. The Morgan fingerprint density at radius 1 is 1.24 bits per heavy atom. The monoisotopic (exact) mass is 340 g/mol. The van der Waals surface area contributed by atoms with Crippen molar-refractivity contribution in [1.29, 1.82) is 0 Å². The van der Waals surface area contributed by atoms with Gasteiger partial charge in [0.2, 0.25) is 5.91 Å². The Labute approximate surface area is 149 Å². The van der Waals surface area contributed by atoms with Crippen molar-refractivity contribution in [3.63, 3.8) is 0 Å². The topological polar surface area (TPSA) is 58.9 Å². The summed E-state index contributed by atoms with van der Waals surface area (Å²) < 4.78 is 1.83. The number of benzene rings is 1. The molecule has 2 atom stereocenters. The molecule has 0 aliphatic heterocycles. The fourth-order valence-corrected chi connectivity index (χ4v) is 3.75. The van der Waals surface area contributed by atoms with Gasteiger partial charge in [-0.1, -0.05) is 43.2 Å². The lowest BCUT2D eigenvalue weighted by Crippen LogP contribution is -2.53. The summed E-state index contributed by atoms with van der Waals surface area (Å²) in [6.45, 7) is 4.77. The number of nitrogens with zero attached hydrogens (tertiary/aromatic N) is 2. The van der Waals surface area contributed by atoms with Gasteiger partial charge in [0.15, 0.2) is 0 Å². The molecule has 0 radical (unpaired) electrons. The number of aromatic nitrogens is 2. The molecule has 2 aromatic rings. The van der Waals surface area contributed by atoms with Crippen molar-refractivity contribution in [2.75, 3.05) is 6.54 Å². The largest absolute Gasteiger partial charge is 0.352 e. The van der Waals surface area contributed by atoms with Crippen LogP contribution in [0.5, 0.6) is 0 Å². The van der Waals surface area contributed by atoms with Crippen molar-refractivity contribution < 1.29 is 4.79 Å². The Hall–Kier alpha value is -2.14. The molecule has 5 heteroatoms. The van der Waals surface area contributed by atoms with Crippen molar-refractivity contribution >= 4 is 5.91 Å². The van der Waals surface area contributed by atoms with Crippen LogP contribution < -0.4 is 10.6 Å². The van der Waals surface area contributed by atoms with Gasteiger partial charge >= 0.3 is 0 Å². The fraction of sp³-hybridized carbons (Fsp3) is 0.500. The lowest BCUT2D eigenvalue weighted by Gasteiger charge is -2.34. The van der Waals surface area contributed by atoms with Crippen LogP contribution in [0.1, 0.15) is 57.2 Å². The Bertz CT molecular complexity index is 662. The number of rotatable bonds is 7. The molecular weight excluding hydrogens is 312 g/mol. The van der Waals surface area contributed by atoms with Gasteiger partial charge in [-0.2, -0.15) is 0 Å². The average Bonchev–Trinajstić information content (AvgIpc) is 3.32. The third-order valence-corrected chi connectivity index (χ3v) is 5.34. The third-order valence-electron chi connectivity index (χ3n) is 5.34. The van der Waals surface area contributed by atoms with Crippen LogP contribution in [0, 0.1) is 0 Å². The van der Waals surface area contributed by atoms with E-state index in [0.717, 1.165) is 12.8 Å². The Morgan fingerprint density at radius 3 is 2.60 bits per heavy atom. The molecule has 2 N–H and O–H groups in total. The first-order valence-corrected chi connectivity index (χ1v) is 9.17. The average molecular weight is 340 g/mol. The second-order valence-corrected chi connectivity index (χ2v) is 7.17. The first-order chi connectivity index (χ1) is 12.1. The minimum Gasteiger partial charge on any atom is -0.352 e. The lowest BCUT2D eigenvalue weighted by molar-refractivity contribution is -0.124. The number of carbonyl (C=O) groups excluding carboxylic acids is 1. The van der Waals surface area contributed by atoms with E-state index < -0.39 is 0 Å². The van der Waals surface area contributed by atoms with Crippen LogP contribution in [0.15, 0.2) is 49.1 Å². The molecule has 0 saturated heterocycles. The molecule has 1 amide bonds. The second kappa shape index (κ2) is 7.83. The van der Waals surface area contributed by atoms with Gasteiger partial charge in [0.25, 0.3) is 0 Å². The maximum Gasteiger partial charge on any atom is 0.242 e. The minimum atomic E-state index is -0.243. The number of hydrogen-bond donors (Lipinski definition) is 2. The maximum absolute atomic E-state index is 12.5. The Morgan fingerprint density at radius 2 is 1.96 bits per heavy atom. The summed E-state index contributed by atoms with van der Waals surface area (Å²) in [5.74, 6) is 0.0402. The summed E-state index contributed by atoms with van der Waals surface area (Å²) in [4.78, 5) is 16.5. The van der Waals surface area contributed by atoms with Gasteiger partial charge in [0.1, 0.15) is 6.04 Å². The highest BCUT2D eigenvalue weighted by atomic mass is 16.2. The highest BCUT2D eigenvalue weighted by molar-refractivity contribution is 5.79. The van der Waals surface area contributed by atoms with Crippen LogP contribution in [-0.2, 0) is 4.79 Å². The Balaban J connectivity index is 1.61. The number of nitrogens with one attached hydrogen (secondary N) is 2. The molecule has 1 aliphatic rings. The van der Waals surface area contributed by atoms with E-state index >= 15 is 0 Å². The summed E-state index contributed by atoms with van der Waals surface area (Å²) in [6, 6.07) is 10.5. The van der Waals surface area contributed by atoms with E-state index in [1.807, 2.05) is 23.8 Å². The van der Waals surface area contributed by atoms with Gasteiger partial charge in [-0.05, 0) is 32.3 Å². The Kier molecular flexibility index (Phi) is 5.53. The maximum atomic E-state index is 12.5. The van der Waals surface area contributed by atoms with Gasteiger partial charge in [0, 0.05) is 30.5 Å². The van der Waals surface area contributed by atoms with E-state index in [0.29, 0.717) is 6.54 Å². The summed E-state index contributed by atoms with van der Waals surface area (Å²) >= 11 is 0. The molecule has 134 valence electrons. The highest BCUT2D eigenvalue weighted by Crippen LogP contribution is 2.32. The zero-order chi connectivity index (χ0) is 17.7. The summed E-state index contributed by atoms with van der Waals surface area (Å²) in [5.41, 5.74) is 1.27. The molecule has 0 spiro atoms. The predicted octanol–water partition coefficient (Wildman–Crippen LogP) is 3.22. The first kappa shape index (κ1) is 17.7. The van der Waals surface area contributed by atoms with Crippen LogP contribution in [0.4, 0.5) is 0 Å². The third kappa shape index (κ3) is 4.28. The van der Waals surface area contributed by atoms with E-state index in [9.17, 15) is 4.79 Å². The van der Waals surface area contributed by atoms with Gasteiger partial charge < -0.3 is 15.2 Å². The van der Waals surface area contributed by atoms with E-state index in [2.05, 4.69) is 46.8 Å². The molecule has 1 saturated carbocycles.